The van der Waals surface area contributed by atoms with Crippen molar-refractivity contribution in [3.63, 3.8) is 0 Å². The molecule has 7 heteroatoms. The number of hydrogen-bond acceptors (Lipinski definition) is 4. The molecular weight excluding hydrogens is 404 g/mol. The van der Waals surface area contributed by atoms with Gasteiger partial charge in [-0.2, -0.15) is 0 Å². The molecule has 0 radical (unpaired) electrons. The fourth-order valence-electron chi connectivity index (χ4n) is 3.03. The first-order valence-electron chi connectivity index (χ1n) is 9.92. The van der Waals surface area contributed by atoms with E-state index in [2.05, 4.69) is 5.32 Å². The molecule has 1 N–H and O–H groups in total. The van der Waals surface area contributed by atoms with Crippen molar-refractivity contribution in [1.82, 2.24) is 10.2 Å². The van der Waals surface area contributed by atoms with E-state index in [1.165, 1.54) is 0 Å². The Morgan fingerprint density at radius 2 is 1.67 bits per heavy atom. The molecule has 0 fully saturated rings. The number of nitrogens with one attached hydrogen (secondary N) is 1. The zero-order valence-corrected chi connectivity index (χ0v) is 18.7. The maximum absolute atomic E-state index is 13.2. The van der Waals surface area contributed by atoms with Crippen molar-refractivity contribution in [2.45, 2.75) is 39.3 Å². The summed E-state index contributed by atoms with van der Waals surface area (Å²) in [5, 5.41) is 3.49. The molecule has 0 aromatic heterocycles. The average Bonchev–Trinajstić information content (AvgIpc) is 2.76. The van der Waals surface area contributed by atoms with E-state index in [0.29, 0.717) is 29.6 Å². The maximum atomic E-state index is 13.2. The highest BCUT2D eigenvalue weighted by molar-refractivity contribution is 6.30. The third-order valence-corrected chi connectivity index (χ3v) is 5.04. The number of rotatable bonds is 10. The summed E-state index contributed by atoms with van der Waals surface area (Å²) in [7, 11) is 3.11. The Balaban J connectivity index is 2.24. The average molecular weight is 433 g/mol. The lowest BCUT2D eigenvalue weighted by molar-refractivity contribution is -0.140. The van der Waals surface area contributed by atoms with Crippen LogP contribution < -0.4 is 14.8 Å². The van der Waals surface area contributed by atoms with Crippen LogP contribution in [0.2, 0.25) is 5.02 Å². The molecule has 6 nitrogen and oxygen atoms in total. The Labute approximate surface area is 183 Å². The summed E-state index contributed by atoms with van der Waals surface area (Å²) in [5.41, 5.74) is 1.68. The van der Waals surface area contributed by atoms with Gasteiger partial charge in [-0.25, -0.2) is 0 Å². The molecule has 0 saturated heterocycles. The predicted molar refractivity (Wildman–Crippen MR) is 118 cm³/mol. The van der Waals surface area contributed by atoms with Crippen LogP contribution >= 0.6 is 11.6 Å². The Hall–Kier alpha value is -2.73. The van der Waals surface area contributed by atoms with Gasteiger partial charge < -0.3 is 19.7 Å². The summed E-state index contributed by atoms with van der Waals surface area (Å²) in [6.07, 6.45) is 0.967. The van der Waals surface area contributed by atoms with Crippen LogP contribution in [0.3, 0.4) is 0 Å². The molecule has 0 aliphatic carbocycles. The maximum Gasteiger partial charge on any atom is 0.242 e. The van der Waals surface area contributed by atoms with Crippen LogP contribution in [0.5, 0.6) is 11.5 Å². The SMILES string of the molecule is CCCNC(=O)[C@H](C)N(Cc1ccc(Cl)cc1)C(=O)Cc1ccc(OC)c(OC)c1. The number of carbonyl (C=O) groups is 2. The monoisotopic (exact) mass is 432 g/mol. The minimum Gasteiger partial charge on any atom is -0.493 e. The van der Waals surface area contributed by atoms with Gasteiger partial charge in [0.2, 0.25) is 11.8 Å². The van der Waals surface area contributed by atoms with E-state index in [4.69, 9.17) is 21.1 Å². The predicted octanol–water partition coefficient (Wildman–Crippen LogP) is 3.84. The number of halogens is 1. The topological polar surface area (TPSA) is 67.9 Å². The van der Waals surface area contributed by atoms with Gasteiger partial charge in [-0.05, 0) is 48.7 Å². The first-order chi connectivity index (χ1) is 14.4. The van der Waals surface area contributed by atoms with Crippen molar-refractivity contribution in [2.24, 2.45) is 0 Å². The molecular formula is C23H29ClN2O4. The first kappa shape index (κ1) is 23.5. The van der Waals surface area contributed by atoms with Crippen LogP contribution in [0.4, 0.5) is 0 Å². The molecule has 162 valence electrons. The van der Waals surface area contributed by atoms with Crippen molar-refractivity contribution in [3.05, 3.63) is 58.6 Å². The summed E-state index contributed by atoms with van der Waals surface area (Å²) in [6.45, 7) is 4.61. The number of amides is 2. The molecule has 0 bridgehead atoms. The summed E-state index contributed by atoms with van der Waals surface area (Å²) < 4.78 is 10.6. The first-order valence-corrected chi connectivity index (χ1v) is 10.3. The smallest absolute Gasteiger partial charge is 0.242 e. The molecule has 2 aromatic rings. The van der Waals surface area contributed by atoms with E-state index in [1.807, 2.05) is 25.1 Å². The number of benzene rings is 2. The minimum absolute atomic E-state index is 0.138. The van der Waals surface area contributed by atoms with E-state index in [9.17, 15) is 9.59 Å². The molecule has 0 aliphatic heterocycles. The van der Waals surface area contributed by atoms with Crippen molar-refractivity contribution >= 4 is 23.4 Å². The van der Waals surface area contributed by atoms with Gasteiger partial charge in [-0.15, -0.1) is 0 Å². The summed E-state index contributed by atoms with van der Waals surface area (Å²) >= 11 is 5.97. The summed E-state index contributed by atoms with van der Waals surface area (Å²) in [6, 6.07) is 12.0. The molecule has 0 aliphatic rings. The Morgan fingerprint density at radius 3 is 2.27 bits per heavy atom. The zero-order chi connectivity index (χ0) is 22.1. The molecule has 30 heavy (non-hydrogen) atoms. The molecule has 2 aromatic carbocycles. The molecule has 2 amide bonds. The Bertz CT molecular complexity index is 855. The summed E-state index contributed by atoms with van der Waals surface area (Å²) in [4.78, 5) is 27.4. The van der Waals surface area contributed by atoms with Gasteiger partial charge in [-0.1, -0.05) is 36.7 Å². The molecule has 0 heterocycles. The van der Waals surface area contributed by atoms with Crippen LogP contribution in [0, 0.1) is 0 Å². The number of methoxy groups -OCH3 is 2. The van der Waals surface area contributed by atoms with E-state index in [1.54, 1.807) is 50.3 Å². The fraction of sp³-hybridized carbons (Fsp3) is 0.391. The lowest BCUT2D eigenvalue weighted by atomic mass is 10.1. The number of hydrogen-bond donors (Lipinski definition) is 1. The van der Waals surface area contributed by atoms with Crippen molar-refractivity contribution in [1.29, 1.82) is 0 Å². The highest BCUT2D eigenvalue weighted by atomic mass is 35.5. The third kappa shape index (κ3) is 6.39. The van der Waals surface area contributed by atoms with Gasteiger partial charge in [0.25, 0.3) is 0 Å². The quantitative estimate of drug-likeness (QED) is 0.619. The van der Waals surface area contributed by atoms with Gasteiger partial charge >= 0.3 is 0 Å². The van der Waals surface area contributed by atoms with Crippen LogP contribution in [-0.4, -0.2) is 43.5 Å². The van der Waals surface area contributed by atoms with E-state index >= 15 is 0 Å². The van der Waals surface area contributed by atoms with Crippen molar-refractivity contribution < 1.29 is 19.1 Å². The molecule has 0 spiro atoms. The largest absolute Gasteiger partial charge is 0.493 e. The standard InChI is InChI=1S/C23H29ClN2O4/c1-5-12-25-23(28)16(2)26(15-17-6-9-19(24)10-7-17)22(27)14-18-8-11-20(29-3)21(13-18)30-4/h6-11,13,16H,5,12,14-15H2,1-4H3,(H,25,28)/t16-/m0/s1. The highest BCUT2D eigenvalue weighted by Crippen LogP contribution is 2.28. The zero-order valence-electron chi connectivity index (χ0n) is 17.9. The second kappa shape index (κ2) is 11.5. The van der Waals surface area contributed by atoms with Crippen LogP contribution in [0.25, 0.3) is 0 Å². The molecule has 2 rings (SSSR count). The molecule has 1 atom stereocenters. The Morgan fingerprint density at radius 1 is 1.03 bits per heavy atom. The van der Waals surface area contributed by atoms with Crippen LogP contribution in [-0.2, 0) is 22.6 Å². The lowest BCUT2D eigenvalue weighted by Gasteiger charge is -2.29. The summed E-state index contributed by atoms with van der Waals surface area (Å²) in [5.74, 6) is 0.822. The van der Waals surface area contributed by atoms with E-state index in [-0.39, 0.29) is 18.2 Å². The second-order valence-corrected chi connectivity index (χ2v) is 7.42. The second-order valence-electron chi connectivity index (χ2n) is 6.98. The van der Waals surface area contributed by atoms with E-state index < -0.39 is 6.04 Å². The lowest BCUT2D eigenvalue weighted by Crippen LogP contribution is -2.48. The van der Waals surface area contributed by atoms with Gasteiger partial charge in [0.05, 0.1) is 20.6 Å². The fourth-order valence-corrected chi connectivity index (χ4v) is 3.16. The van der Waals surface area contributed by atoms with Crippen LogP contribution in [0.1, 0.15) is 31.4 Å². The van der Waals surface area contributed by atoms with Crippen LogP contribution in [0.15, 0.2) is 42.5 Å². The van der Waals surface area contributed by atoms with Crippen molar-refractivity contribution in [2.75, 3.05) is 20.8 Å². The van der Waals surface area contributed by atoms with Crippen molar-refractivity contribution in [3.8, 4) is 11.5 Å². The van der Waals surface area contributed by atoms with Gasteiger partial charge in [-0.3, -0.25) is 9.59 Å². The third-order valence-electron chi connectivity index (χ3n) is 4.79. The minimum atomic E-state index is -0.611. The number of carbonyl (C=O) groups excluding carboxylic acids is 2. The normalized spacial score (nSPS) is 11.5. The number of ether oxygens (including phenoxy) is 2. The molecule has 0 saturated carbocycles. The highest BCUT2D eigenvalue weighted by Gasteiger charge is 2.26. The van der Waals surface area contributed by atoms with Gasteiger partial charge in [0.15, 0.2) is 11.5 Å². The molecule has 0 unspecified atom stereocenters. The number of nitrogens with zero attached hydrogens (tertiary/aromatic N) is 1. The van der Waals surface area contributed by atoms with E-state index in [0.717, 1.165) is 17.5 Å². The van der Waals surface area contributed by atoms with Gasteiger partial charge in [0, 0.05) is 18.1 Å². The Kier molecular flexibility index (Phi) is 8.99. The van der Waals surface area contributed by atoms with Gasteiger partial charge in [0.1, 0.15) is 6.04 Å².